The SMILES string of the molecule is C/C(=N\Nc1nc(C)cs1)c1cc2ccccc2o1. The molecule has 1 N–H and O–H groups in total. The summed E-state index contributed by atoms with van der Waals surface area (Å²) in [5, 5.41) is 8.14. The van der Waals surface area contributed by atoms with Gasteiger partial charge >= 0.3 is 0 Å². The van der Waals surface area contributed by atoms with Crippen molar-refractivity contribution in [1.29, 1.82) is 0 Å². The lowest BCUT2D eigenvalue weighted by molar-refractivity contribution is 0.604. The summed E-state index contributed by atoms with van der Waals surface area (Å²) in [6, 6.07) is 9.91. The van der Waals surface area contributed by atoms with Gasteiger partial charge in [0.15, 0.2) is 5.76 Å². The maximum absolute atomic E-state index is 5.74. The van der Waals surface area contributed by atoms with Crippen molar-refractivity contribution >= 4 is 33.1 Å². The summed E-state index contributed by atoms with van der Waals surface area (Å²) in [5.41, 5.74) is 5.60. The van der Waals surface area contributed by atoms with Gasteiger partial charge in [-0.3, -0.25) is 5.43 Å². The second-order valence-electron chi connectivity index (χ2n) is 4.25. The highest BCUT2D eigenvalue weighted by molar-refractivity contribution is 7.13. The van der Waals surface area contributed by atoms with E-state index in [0.29, 0.717) is 0 Å². The molecule has 0 saturated heterocycles. The van der Waals surface area contributed by atoms with Crippen LogP contribution in [-0.2, 0) is 0 Å². The van der Waals surface area contributed by atoms with Crippen molar-refractivity contribution in [3.8, 4) is 0 Å². The summed E-state index contributed by atoms with van der Waals surface area (Å²) < 4.78 is 5.74. The van der Waals surface area contributed by atoms with E-state index in [1.807, 2.05) is 49.6 Å². The number of hydrogen-bond donors (Lipinski definition) is 1. The molecule has 0 radical (unpaired) electrons. The van der Waals surface area contributed by atoms with Gasteiger partial charge in [0.25, 0.3) is 0 Å². The molecular formula is C14H13N3OS. The van der Waals surface area contributed by atoms with Crippen molar-refractivity contribution in [1.82, 2.24) is 4.98 Å². The van der Waals surface area contributed by atoms with E-state index in [-0.39, 0.29) is 0 Å². The molecule has 0 spiro atoms. The summed E-state index contributed by atoms with van der Waals surface area (Å²) in [7, 11) is 0. The molecule has 19 heavy (non-hydrogen) atoms. The average Bonchev–Trinajstić information content (AvgIpc) is 3.01. The highest BCUT2D eigenvalue weighted by Crippen LogP contribution is 2.20. The molecule has 3 aromatic rings. The zero-order valence-electron chi connectivity index (χ0n) is 10.7. The fourth-order valence-corrected chi connectivity index (χ4v) is 2.38. The van der Waals surface area contributed by atoms with Crippen molar-refractivity contribution in [3.05, 3.63) is 47.2 Å². The van der Waals surface area contributed by atoms with Crippen LogP contribution >= 0.6 is 11.3 Å². The molecule has 0 unspecified atom stereocenters. The molecular weight excluding hydrogens is 258 g/mol. The number of rotatable bonds is 3. The van der Waals surface area contributed by atoms with Gasteiger partial charge in [-0.15, -0.1) is 11.3 Å². The summed E-state index contributed by atoms with van der Waals surface area (Å²) in [4.78, 5) is 4.29. The summed E-state index contributed by atoms with van der Waals surface area (Å²) >= 11 is 1.53. The molecule has 0 atom stereocenters. The first-order chi connectivity index (χ1) is 9.22. The smallest absolute Gasteiger partial charge is 0.203 e. The predicted octanol–water partition coefficient (Wildman–Crippen LogP) is 4.03. The lowest BCUT2D eigenvalue weighted by atomic mass is 10.2. The van der Waals surface area contributed by atoms with Gasteiger partial charge in [-0.25, -0.2) is 4.98 Å². The van der Waals surface area contributed by atoms with Crippen LogP contribution in [0.5, 0.6) is 0 Å². The largest absolute Gasteiger partial charge is 0.455 e. The number of para-hydroxylation sites is 1. The van der Waals surface area contributed by atoms with Gasteiger partial charge in [0.2, 0.25) is 5.13 Å². The quantitative estimate of drug-likeness (QED) is 0.578. The zero-order valence-corrected chi connectivity index (χ0v) is 11.5. The third kappa shape index (κ3) is 2.51. The Morgan fingerprint density at radius 3 is 2.95 bits per heavy atom. The van der Waals surface area contributed by atoms with E-state index >= 15 is 0 Å². The Kier molecular flexibility index (Phi) is 3.05. The minimum atomic E-state index is 0.766. The van der Waals surface area contributed by atoms with E-state index in [2.05, 4.69) is 15.5 Å². The number of nitrogens with zero attached hydrogens (tertiary/aromatic N) is 2. The van der Waals surface area contributed by atoms with Gasteiger partial charge in [-0.1, -0.05) is 18.2 Å². The van der Waals surface area contributed by atoms with Crippen molar-refractivity contribution in [3.63, 3.8) is 0 Å². The Morgan fingerprint density at radius 1 is 1.37 bits per heavy atom. The van der Waals surface area contributed by atoms with Crippen molar-refractivity contribution in [2.75, 3.05) is 5.43 Å². The second kappa shape index (κ2) is 4.85. The zero-order chi connectivity index (χ0) is 13.2. The van der Waals surface area contributed by atoms with Gasteiger partial charge < -0.3 is 4.42 Å². The topological polar surface area (TPSA) is 50.4 Å². The third-order valence-corrected chi connectivity index (χ3v) is 3.59. The Labute approximate surface area is 114 Å². The van der Waals surface area contributed by atoms with Crippen LogP contribution in [0.4, 0.5) is 5.13 Å². The molecule has 0 saturated carbocycles. The maximum atomic E-state index is 5.74. The first-order valence-electron chi connectivity index (χ1n) is 5.94. The lowest BCUT2D eigenvalue weighted by Crippen LogP contribution is -1.97. The van der Waals surface area contributed by atoms with Crippen LogP contribution in [0.15, 0.2) is 45.2 Å². The number of hydrogen-bond acceptors (Lipinski definition) is 5. The van der Waals surface area contributed by atoms with E-state index in [1.54, 1.807) is 0 Å². The molecule has 3 rings (SSSR count). The molecule has 2 aromatic heterocycles. The fourth-order valence-electron chi connectivity index (χ4n) is 1.75. The highest BCUT2D eigenvalue weighted by atomic mass is 32.1. The fraction of sp³-hybridized carbons (Fsp3) is 0.143. The van der Waals surface area contributed by atoms with Crippen LogP contribution in [0.3, 0.4) is 0 Å². The van der Waals surface area contributed by atoms with Crippen molar-refractivity contribution in [2.24, 2.45) is 5.10 Å². The normalized spacial score (nSPS) is 12.0. The van der Waals surface area contributed by atoms with Gasteiger partial charge in [0.1, 0.15) is 11.3 Å². The number of hydrazone groups is 1. The van der Waals surface area contributed by atoms with Crippen molar-refractivity contribution in [2.45, 2.75) is 13.8 Å². The molecule has 0 aliphatic rings. The Morgan fingerprint density at radius 2 is 2.21 bits per heavy atom. The molecule has 96 valence electrons. The third-order valence-electron chi connectivity index (χ3n) is 2.72. The molecule has 2 heterocycles. The maximum Gasteiger partial charge on any atom is 0.203 e. The van der Waals surface area contributed by atoms with E-state index in [0.717, 1.165) is 33.3 Å². The van der Waals surface area contributed by atoms with E-state index < -0.39 is 0 Å². The standard InChI is InChI=1S/C14H13N3OS/c1-9-8-19-14(15-9)17-16-10(2)13-7-11-5-3-4-6-12(11)18-13/h3-8H,1-2H3,(H,15,17)/b16-10+. The number of aromatic nitrogens is 1. The number of benzene rings is 1. The molecule has 1 aromatic carbocycles. The Balaban J connectivity index is 1.84. The molecule has 0 amide bonds. The molecule has 0 aliphatic carbocycles. The molecule has 4 nitrogen and oxygen atoms in total. The predicted molar refractivity (Wildman–Crippen MR) is 78.9 cm³/mol. The van der Waals surface area contributed by atoms with Crippen LogP contribution in [0, 0.1) is 6.92 Å². The lowest BCUT2D eigenvalue weighted by Gasteiger charge is -1.96. The van der Waals surface area contributed by atoms with E-state index in [9.17, 15) is 0 Å². The average molecular weight is 271 g/mol. The van der Waals surface area contributed by atoms with Crippen LogP contribution in [0.1, 0.15) is 18.4 Å². The molecule has 0 bridgehead atoms. The number of furan rings is 1. The second-order valence-corrected chi connectivity index (χ2v) is 5.11. The molecule has 0 fully saturated rings. The minimum Gasteiger partial charge on any atom is -0.455 e. The number of thiazole rings is 1. The number of nitrogens with one attached hydrogen (secondary N) is 1. The van der Waals surface area contributed by atoms with E-state index in [1.165, 1.54) is 11.3 Å². The van der Waals surface area contributed by atoms with Gasteiger partial charge in [0, 0.05) is 10.8 Å². The number of aryl methyl sites for hydroxylation is 1. The van der Waals surface area contributed by atoms with E-state index in [4.69, 9.17) is 4.42 Å². The first kappa shape index (κ1) is 11.9. The van der Waals surface area contributed by atoms with Crippen LogP contribution in [0.2, 0.25) is 0 Å². The van der Waals surface area contributed by atoms with Gasteiger partial charge in [-0.2, -0.15) is 5.10 Å². The minimum absolute atomic E-state index is 0.766. The van der Waals surface area contributed by atoms with Crippen LogP contribution < -0.4 is 5.43 Å². The summed E-state index contributed by atoms with van der Waals surface area (Å²) in [5.74, 6) is 0.766. The Bertz CT molecular complexity index is 709. The highest BCUT2D eigenvalue weighted by Gasteiger charge is 2.06. The Hall–Kier alpha value is -2.14. The van der Waals surface area contributed by atoms with Crippen molar-refractivity contribution < 1.29 is 4.42 Å². The summed E-state index contributed by atoms with van der Waals surface area (Å²) in [6.07, 6.45) is 0. The van der Waals surface area contributed by atoms with Crippen LogP contribution in [-0.4, -0.2) is 10.7 Å². The molecule has 0 aliphatic heterocycles. The monoisotopic (exact) mass is 271 g/mol. The number of anilines is 1. The molecule has 5 heteroatoms. The summed E-state index contributed by atoms with van der Waals surface area (Å²) in [6.45, 7) is 3.86. The van der Waals surface area contributed by atoms with Crippen LogP contribution in [0.25, 0.3) is 11.0 Å². The first-order valence-corrected chi connectivity index (χ1v) is 6.82. The van der Waals surface area contributed by atoms with Gasteiger partial charge in [-0.05, 0) is 26.0 Å². The van der Waals surface area contributed by atoms with Gasteiger partial charge in [0.05, 0.1) is 5.69 Å². The number of fused-ring (bicyclic) bond motifs is 1.